The van der Waals surface area contributed by atoms with Gasteiger partial charge in [0.1, 0.15) is 0 Å². The van der Waals surface area contributed by atoms with E-state index in [-0.39, 0.29) is 35.4 Å². The van der Waals surface area contributed by atoms with E-state index in [4.69, 9.17) is 23.2 Å². The molecule has 1 fully saturated rings. The molecule has 186 valence electrons. The molecule has 1 aliphatic rings. The lowest BCUT2D eigenvalue weighted by Gasteiger charge is -2.53. The quantitative estimate of drug-likeness (QED) is 0.425. The van der Waals surface area contributed by atoms with Crippen molar-refractivity contribution >= 4 is 29.1 Å². The van der Waals surface area contributed by atoms with Gasteiger partial charge in [-0.25, -0.2) is 0 Å². The van der Waals surface area contributed by atoms with Crippen LogP contribution in [0.4, 0.5) is 0 Å². The molecular weight excluding hydrogens is 467 g/mol. The number of carbonyl (C=O) groups is 1. The number of rotatable bonds is 8. The van der Waals surface area contributed by atoms with Gasteiger partial charge in [0.05, 0.1) is 6.10 Å². The summed E-state index contributed by atoms with van der Waals surface area (Å²) in [5.41, 5.74) is 2.03. The molecule has 2 N–H and O–H groups in total. The average molecular weight is 506 g/mol. The third-order valence-corrected chi connectivity index (χ3v) is 7.43. The van der Waals surface area contributed by atoms with E-state index in [0.29, 0.717) is 23.0 Å². The minimum absolute atomic E-state index is 0.0246. The highest BCUT2D eigenvalue weighted by Crippen LogP contribution is 2.51. The predicted molar refractivity (Wildman–Crippen MR) is 141 cm³/mol. The van der Waals surface area contributed by atoms with Crippen LogP contribution in [-0.4, -0.2) is 40.6 Å². The molecule has 0 radical (unpaired) electrons. The third kappa shape index (κ3) is 6.54. The van der Waals surface area contributed by atoms with Crippen LogP contribution in [-0.2, 0) is 4.79 Å². The molecule has 2 aromatic carbocycles. The van der Waals surface area contributed by atoms with Crippen LogP contribution in [0.25, 0.3) is 0 Å². The molecule has 1 heterocycles. The lowest BCUT2D eigenvalue weighted by Crippen LogP contribution is -2.55. The minimum atomic E-state index is -0.508. The van der Waals surface area contributed by atoms with Crippen molar-refractivity contribution < 1.29 is 9.90 Å². The molecule has 34 heavy (non-hydrogen) atoms. The number of benzene rings is 2. The molecule has 5 atom stereocenters. The summed E-state index contributed by atoms with van der Waals surface area (Å²) in [6.45, 7) is 10.9. The van der Waals surface area contributed by atoms with Crippen molar-refractivity contribution in [2.75, 3.05) is 6.54 Å². The van der Waals surface area contributed by atoms with Gasteiger partial charge >= 0.3 is 0 Å². The number of nitrogens with zero attached hydrogens (tertiary/aromatic N) is 1. The first kappa shape index (κ1) is 27.0. The number of carbonyl (C=O) groups excluding carboxylic acids is 1. The maximum atomic E-state index is 12.9. The lowest BCUT2D eigenvalue weighted by molar-refractivity contribution is -0.126. The fourth-order valence-corrected chi connectivity index (χ4v) is 5.99. The van der Waals surface area contributed by atoms with E-state index in [1.165, 1.54) is 0 Å². The van der Waals surface area contributed by atoms with Crippen molar-refractivity contribution in [2.45, 2.75) is 84.0 Å². The van der Waals surface area contributed by atoms with E-state index in [1.807, 2.05) is 51.1 Å². The molecule has 0 spiro atoms. The molecule has 0 bridgehead atoms. The molecule has 4 nitrogen and oxygen atoms in total. The van der Waals surface area contributed by atoms with Gasteiger partial charge in [0.15, 0.2) is 0 Å². The highest BCUT2D eigenvalue weighted by molar-refractivity contribution is 6.30. The Hall–Kier alpha value is -1.59. The Morgan fingerprint density at radius 1 is 1.12 bits per heavy atom. The number of nitrogens with one attached hydrogen (secondary N) is 1. The maximum Gasteiger partial charge on any atom is 0.220 e. The zero-order valence-corrected chi connectivity index (χ0v) is 22.4. The first-order chi connectivity index (χ1) is 16.0. The summed E-state index contributed by atoms with van der Waals surface area (Å²) in [6, 6.07) is 16.1. The summed E-state index contributed by atoms with van der Waals surface area (Å²) in [5, 5.41) is 15.2. The molecule has 0 aliphatic carbocycles. The Balaban J connectivity index is 2.12. The second kappa shape index (κ2) is 11.4. The van der Waals surface area contributed by atoms with Gasteiger partial charge in [0.2, 0.25) is 5.91 Å². The number of likely N-dealkylation sites (tertiary alicyclic amines) is 1. The first-order valence-corrected chi connectivity index (χ1v) is 13.0. The molecular formula is C28H38Cl2N2O2. The van der Waals surface area contributed by atoms with Crippen LogP contribution >= 0.6 is 23.2 Å². The number of halogens is 2. The third-order valence-electron chi connectivity index (χ3n) is 6.94. The van der Waals surface area contributed by atoms with E-state index in [0.717, 1.165) is 24.0 Å². The van der Waals surface area contributed by atoms with Crippen molar-refractivity contribution in [3.8, 4) is 0 Å². The van der Waals surface area contributed by atoms with Gasteiger partial charge in [-0.3, -0.25) is 9.69 Å². The number of aliphatic hydroxyl groups excluding tert-OH is 1. The van der Waals surface area contributed by atoms with Crippen LogP contribution in [0.3, 0.4) is 0 Å². The van der Waals surface area contributed by atoms with Gasteiger partial charge in [0.25, 0.3) is 0 Å². The second-order valence-electron chi connectivity index (χ2n) is 10.5. The zero-order chi connectivity index (χ0) is 25.0. The Labute approximate surface area is 214 Å². The standard InChI is InChI=1S/C28H38Cl2N2O2/c1-6-25(19(4)33)32-17-28(5,16-26(34)31-18(2)3)15-24(21-8-7-9-23(30)14-21)27(32)20-10-12-22(29)13-11-20/h7-14,18-19,24-25,27,33H,6,15-17H2,1-5H3,(H,31,34)/t19-,24+,25?,27+,28+/m0/s1. The van der Waals surface area contributed by atoms with Crippen LogP contribution in [0.1, 0.15) is 77.0 Å². The summed E-state index contributed by atoms with van der Waals surface area (Å²) >= 11 is 12.7. The number of amides is 1. The summed E-state index contributed by atoms with van der Waals surface area (Å²) in [5.74, 6) is 0.163. The van der Waals surface area contributed by atoms with Crippen LogP contribution in [0, 0.1) is 5.41 Å². The van der Waals surface area contributed by atoms with Gasteiger partial charge < -0.3 is 10.4 Å². The molecule has 1 aliphatic heterocycles. The molecule has 6 heteroatoms. The molecule has 2 aromatic rings. The van der Waals surface area contributed by atoms with E-state index in [9.17, 15) is 9.90 Å². The summed E-state index contributed by atoms with van der Waals surface area (Å²) < 4.78 is 0. The SMILES string of the molecule is CCC([C@H](C)O)N1C[C@@](C)(CC(=O)NC(C)C)C[C@H](c2cccc(Cl)c2)[C@H]1c1ccc(Cl)cc1. The van der Waals surface area contributed by atoms with E-state index >= 15 is 0 Å². The molecule has 1 saturated heterocycles. The van der Waals surface area contributed by atoms with E-state index in [1.54, 1.807) is 0 Å². The smallest absolute Gasteiger partial charge is 0.220 e. The zero-order valence-electron chi connectivity index (χ0n) is 20.9. The summed E-state index contributed by atoms with van der Waals surface area (Å²) in [6.07, 6.45) is 1.56. The van der Waals surface area contributed by atoms with Crippen LogP contribution < -0.4 is 5.32 Å². The highest BCUT2D eigenvalue weighted by Gasteiger charge is 2.47. The normalized spacial score (nSPS) is 25.2. The Bertz CT molecular complexity index is 963. The Morgan fingerprint density at radius 3 is 2.35 bits per heavy atom. The van der Waals surface area contributed by atoms with Gasteiger partial charge in [-0.2, -0.15) is 0 Å². The highest BCUT2D eigenvalue weighted by atomic mass is 35.5. The van der Waals surface area contributed by atoms with Crippen molar-refractivity contribution in [3.05, 3.63) is 69.7 Å². The van der Waals surface area contributed by atoms with Crippen molar-refractivity contribution in [3.63, 3.8) is 0 Å². The molecule has 1 amide bonds. The summed E-state index contributed by atoms with van der Waals surface area (Å²) in [4.78, 5) is 15.3. The molecule has 0 saturated carbocycles. The summed E-state index contributed by atoms with van der Waals surface area (Å²) in [7, 11) is 0. The number of aliphatic hydroxyl groups is 1. The van der Waals surface area contributed by atoms with Gasteiger partial charge in [-0.1, -0.05) is 61.3 Å². The monoisotopic (exact) mass is 504 g/mol. The number of hydrogen-bond donors (Lipinski definition) is 2. The molecule has 1 unspecified atom stereocenters. The number of hydrogen-bond acceptors (Lipinski definition) is 3. The van der Waals surface area contributed by atoms with Crippen LogP contribution in [0.15, 0.2) is 48.5 Å². The number of piperidine rings is 1. The Morgan fingerprint density at radius 2 is 1.79 bits per heavy atom. The van der Waals surface area contributed by atoms with Crippen LogP contribution in [0.5, 0.6) is 0 Å². The lowest BCUT2D eigenvalue weighted by atomic mass is 9.67. The van der Waals surface area contributed by atoms with E-state index in [2.05, 4.69) is 42.3 Å². The minimum Gasteiger partial charge on any atom is -0.392 e. The van der Waals surface area contributed by atoms with Gasteiger partial charge in [-0.05, 0) is 74.4 Å². The Kier molecular flexibility index (Phi) is 9.08. The maximum absolute atomic E-state index is 12.9. The topological polar surface area (TPSA) is 52.6 Å². The fraction of sp³-hybridized carbons (Fsp3) is 0.536. The van der Waals surface area contributed by atoms with Crippen molar-refractivity contribution in [1.29, 1.82) is 0 Å². The van der Waals surface area contributed by atoms with Gasteiger partial charge in [-0.15, -0.1) is 0 Å². The predicted octanol–water partition coefficient (Wildman–Crippen LogP) is 6.60. The van der Waals surface area contributed by atoms with Crippen molar-refractivity contribution in [2.24, 2.45) is 5.41 Å². The molecule has 0 aromatic heterocycles. The van der Waals surface area contributed by atoms with Gasteiger partial charge in [0, 0.05) is 47.1 Å². The van der Waals surface area contributed by atoms with E-state index < -0.39 is 6.10 Å². The largest absolute Gasteiger partial charge is 0.392 e. The van der Waals surface area contributed by atoms with Crippen molar-refractivity contribution in [1.82, 2.24) is 10.2 Å². The average Bonchev–Trinajstić information content (AvgIpc) is 2.73. The van der Waals surface area contributed by atoms with Crippen LogP contribution in [0.2, 0.25) is 10.0 Å². The first-order valence-electron chi connectivity index (χ1n) is 12.3. The second-order valence-corrected chi connectivity index (χ2v) is 11.3. The fourth-order valence-electron chi connectivity index (χ4n) is 5.66. The molecule has 3 rings (SSSR count).